The van der Waals surface area contributed by atoms with Crippen molar-refractivity contribution in [3.63, 3.8) is 0 Å². The largest absolute Gasteiger partial charge is 0.450 e. The molecule has 102 valence electrons. The Balaban J connectivity index is 1.44. The number of ether oxygens (including phenoxy) is 1. The van der Waals surface area contributed by atoms with Crippen LogP contribution in [0.1, 0.15) is 25.7 Å². The first-order chi connectivity index (χ1) is 9.42. The minimum Gasteiger partial charge on any atom is -0.450 e. The van der Waals surface area contributed by atoms with E-state index in [1.165, 1.54) is 25.8 Å². The number of nitrogens with one attached hydrogen (secondary N) is 1. The summed E-state index contributed by atoms with van der Waals surface area (Å²) in [5.41, 5.74) is 1.64. The topological polar surface area (TPSA) is 47.3 Å². The Morgan fingerprint density at radius 3 is 3.16 bits per heavy atom. The van der Waals surface area contributed by atoms with E-state index >= 15 is 0 Å². The molecule has 1 aliphatic heterocycles. The first-order valence-electron chi connectivity index (χ1n) is 7.11. The second-order valence-corrected chi connectivity index (χ2v) is 5.15. The lowest BCUT2D eigenvalue weighted by Crippen LogP contribution is -2.29. The fourth-order valence-corrected chi connectivity index (χ4v) is 2.61. The Labute approximate surface area is 113 Å². The number of rotatable bonds is 5. The summed E-state index contributed by atoms with van der Waals surface area (Å²) in [5.74, 6) is 0.806. The van der Waals surface area contributed by atoms with Gasteiger partial charge in [-0.15, -0.1) is 0 Å². The molecule has 0 amide bonds. The molecule has 1 N–H and O–H groups in total. The van der Waals surface area contributed by atoms with E-state index < -0.39 is 0 Å². The molecule has 4 nitrogen and oxygen atoms in total. The second kappa shape index (κ2) is 6.06. The zero-order valence-corrected chi connectivity index (χ0v) is 11.1. The van der Waals surface area contributed by atoms with Gasteiger partial charge in [0.2, 0.25) is 0 Å². The smallest absolute Gasteiger partial charge is 0.394 e. The van der Waals surface area contributed by atoms with Crippen LogP contribution in [0.25, 0.3) is 11.1 Å². The first kappa shape index (κ1) is 12.5. The van der Waals surface area contributed by atoms with Gasteiger partial charge in [0.25, 0.3) is 0 Å². The van der Waals surface area contributed by atoms with Crippen molar-refractivity contribution in [1.82, 2.24) is 10.3 Å². The number of nitrogens with zero attached hydrogens (tertiary/aromatic N) is 1. The highest BCUT2D eigenvalue weighted by atomic mass is 16.6. The average Bonchev–Trinajstić information content (AvgIpc) is 2.87. The maximum Gasteiger partial charge on any atom is 0.394 e. The Morgan fingerprint density at radius 1 is 1.37 bits per heavy atom. The van der Waals surface area contributed by atoms with Crippen LogP contribution in [0.5, 0.6) is 6.08 Å². The maximum absolute atomic E-state index is 5.58. The molecular formula is C15H20N2O2. The monoisotopic (exact) mass is 260 g/mol. The molecule has 0 bridgehead atoms. The number of para-hydroxylation sites is 2. The minimum atomic E-state index is 0.392. The van der Waals surface area contributed by atoms with Crippen molar-refractivity contribution >= 4 is 11.1 Å². The molecule has 19 heavy (non-hydrogen) atoms. The van der Waals surface area contributed by atoms with Crippen molar-refractivity contribution in [3.05, 3.63) is 24.3 Å². The number of piperidine rings is 1. The van der Waals surface area contributed by atoms with Gasteiger partial charge in [-0.05, 0) is 56.8 Å². The van der Waals surface area contributed by atoms with Gasteiger partial charge in [-0.1, -0.05) is 12.1 Å². The molecule has 1 aliphatic rings. The fraction of sp³-hybridized carbons (Fsp3) is 0.533. The van der Waals surface area contributed by atoms with Crippen molar-refractivity contribution in [3.8, 4) is 6.08 Å². The van der Waals surface area contributed by atoms with Gasteiger partial charge >= 0.3 is 6.08 Å². The third kappa shape index (κ3) is 3.26. The van der Waals surface area contributed by atoms with Crippen LogP contribution in [0.2, 0.25) is 0 Å². The first-order valence-corrected chi connectivity index (χ1v) is 7.11. The molecule has 0 radical (unpaired) electrons. The molecule has 0 spiro atoms. The Bertz CT molecular complexity index is 485. The molecule has 1 fully saturated rings. The number of hydrogen-bond donors (Lipinski definition) is 1. The number of hydrogen-bond acceptors (Lipinski definition) is 4. The van der Waals surface area contributed by atoms with E-state index in [-0.39, 0.29) is 0 Å². The molecule has 1 saturated heterocycles. The summed E-state index contributed by atoms with van der Waals surface area (Å²) >= 11 is 0. The highest BCUT2D eigenvalue weighted by Gasteiger charge is 2.12. The second-order valence-electron chi connectivity index (χ2n) is 5.15. The van der Waals surface area contributed by atoms with Gasteiger partial charge in [0.15, 0.2) is 5.58 Å². The summed E-state index contributed by atoms with van der Waals surface area (Å²) in [7, 11) is 0. The molecular weight excluding hydrogens is 240 g/mol. The molecule has 4 heteroatoms. The zero-order valence-electron chi connectivity index (χ0n) is 11.1. The summed E-state index contributed by atoms with van der Waals surface area (Å²) < 4.78 is 11.1. The van der Waals surface area contributed by atoms with Crippen LogP contribution in [0.4, 0.5) is 0 Å². The van der Waals surface area contributed by atoms with E-state index in [4.69, 9.17) is 9.15 Å². The van der Waals surface area contributed by atoms with Crippen LogP contribution in [0.15, 0.2) is 28.7 Å². The lowest BCUT2D eigenvalue weighted by molar-refractivity contribution is 0.219. The zero-order chi connectivity index (χ0) is 12.9. The van der Waals surface area contributed by atoms with Crippen LogP contribution in [-0.4, -0.2) is 24.7 Å². The lowest BCUT2D eigenvalue weighted by Gasteiger charge is -2.22. The third-order valence-electron chi connectivity index (χ3n) is 3.66. The standard InChI is InChI=1S/C15H20N2O2/c1-2-8-14-13(7-1)17-15(19-14)18-10-4-6-12-5-3-9-16-11-12/h1-2,7-8,12,16H,3-6,9-11H2/t12-/m1/s1. The van der Waals surface area contributed by atoms with Gasteiger partial charge < -0.3 is 14.5 Å². The molecule has 2 aromatic rings. The molecule has 1 aromatic heterocycles. The summed E-state index contributed by atoms with van der Waals surface area (Å²) in [6.07, 6.45) is 5.31. The minimum absolute atomic E-state index is 0.392. The van der Waals surface area contributed by atoms with Crippen molar-refractivity contribution in [2.24, 2.45) is 5.92 Å². The Kier molecular flexibility index (Phi) is 3.98. The van der Waals surface area contributed by atoms with Crippen LogP contribution in [0, 0.1) is 5.92 Å². The van der Waals surface area contributed by atoms with Gasteiger partial charge in [-0.3, -0.25) is 0 Å². The van der Waals surface area contributed by atoms with Crippen molar-refractivity contribution in [1.29, 1.82) is 0 Å². The van der Waals surface area contributed by atoms with E-state index in [9.17, 15) is 0 Å². The van der Waals surface area contributed by atoms with Crippen molar-refractivity contribution < 1.29 is 9.15 Å². The molecule has 0 saturated carbocycles. The predicted molar refractivity (Wildman–Crippen MR) is 74.3 cm³/mol. The van der Waals surface area contributed by atoms with E-state index in [1.807, 2.05) is 24.3 Å². The summed E-state index contributed by atoms with van der Waals surface area (Å²) in [6.45, 7) is 3.02. The third-order valence-corrected chi connectivity index (χ3v) is 3.66. The molecule has 2 heterocycles. The number of aromatic nitrogens is 1. The van der Waals surface area contributed by atoms with Gasteiger partial charge in [0.1, 0.15) is 5.52 Å². The van der Waals surface area contributed by atoms with Crippen molar-refractivity contribution in [2.45, 2.75) is 25.7 Å². The molecule has 1 atom stereocenters. The quantitative estimate of drug-likeness (QED) is 0.840. The average molecular weight is 260 g/mol. The Morgan fingerprint density at radius 2 is 2.32 bits per heavy atom. The van der Waals surface area contributed by atoms with Gasteiger partial charge in [0, 0.05) is 0 Å². The molecule has 3 rings (SSSR count). The van der Waals surface area contributed by atoms with Crippen LogP contribution >= 0.6 is 0 Å². The van der Waals surface area contributed by atoms with Crippen molar-refractivity contribution in [2.75, 3.05) is 19.7 Å². The lowest BCUT2D eigenvalue weighted by atomic mass is 9.95. The van der Waals surface area contributed by atoms with E-state index in [0.717, 1.165) is 30.0 Å². The van der Waals surface area contributed by atoms with Gasteiger partial charge in [0.05, 0.1) is 6.61 Å². The summed E-state index contributed by atoms with van der Waals surface area (Å²) in [4.78, 5) is 4.30. The number of fused-ring (bicyclic) bond motifs is 1. The predicted octanol–water partition coefficient (Wildman–Crippen LogP) is 2.99. The fourth-order valence-electron chi connectivity index (χ4n) is 2.61. The van der Waals surface area contributed by atoms with Gasteiger partial charge in [-0.25, -0.2) is 0 Å². The normalized spacial score (nSPS) is 19.7. The van der Waals surface area contributed by atoms with E-state index in [1.54, 1.807) is 0 Å². The van der Waals surface area contributed by atoms with Gasteiger partial charge in [-0.2, -0.15) is 4.98 Å². The Hall–Kier alpha value is -1.55. The number of oxazole rings is 1. The summed E-state index contributed by atoms with van der Waals surface area (Å²) in [5, 5.41) is 3.44. The molecule has 1 aromatic carbocycles. The number of benzene rings is 1. The van der Waals surface area contributed by atoms with Crippen LogP contribution < -0.4 is 10.1 Å². The van der Waals surface area contributed by atoms with E-state index in [0.29, 0.717) is 12.7 Å². The highest BCUT2D eigenvalue weighted by molar-refractivity contribution is 5.72. The molecule has 0 aliphatic carbocycles. The SMILES string of the molecule is c1ccc2oc(OCCC[C@H]3CCCNC3)nc2c1. The summed E-state index contributed by atoms with van der Waals surface area (Å²) in [6, 6.07) is 7.72. The highest BCUT2D eigenvalue weighted by Crippen LogP contribution is 2.20. The van der Waals surface area contributed by atoms with Crippen LogP contribution in [-0.2, 0) is 0 Å². The van der Waals surface area contributed by atoms with E-state index in [2.05, 4.69) is 10.3 Å². The molecule has 0 unspecified atom stereocenters. The maximum atomic E-state index is 5.58. The van der Waals surface area contributed by atoms with Crippen LogP contribution in [0.3, 0.4) is 0 Å².